The molecular weight excluding hydrogens is 326 g/mol. The summed E-state index contributed by atoms with van der Waals surface area (Å²) in [4.78, 5) is 23.1. The number of carbonyl (C=O) groups excluding carboxylic acids is 2. The lowest BCUT2D eigenvalue weighted by Gasteiger charge is -2.07. The van der Waals surface area contributed by atoms with Crippen LogP contribution in [0.3, 0.4) is 0 Å². The van der Waals surface area contributed by atoms with Crippen molar-refractivity contribution in [3.8, 4) is 0 Å². The van der Waals surface area contributed by atoms with Crippen LogP contribution in [0.5, 0.6) is 0 Å². The standard InChI is InChI=1S/C21H39N3O2/c1-3-5-7-9-14-20(25)23-18-12-11-16-22-17-13-19-24-21(26)15-10-8-6-4-2/h5-8,22H,3-4,9-19H2,1-2H3,(H,23,25)(H,24,26)/b7-5-,8-6-. The van der Waals surface area contributed by atoms with Gasteiger partial charge >= 0.3 is 0 Å². The number of allylic oxidation sites excluding steroid dienone is 4. The van der Waals surface area contributed by atoms with Gasteiger partial charge in [0.2, 0.25) is 11.8 Å². The summed E-state index contributed by atoms with van der Waals surface area (Å²) in [6.45, 7) is 7.52. The quantitative estimate of drug-likeness (QED) is 0.273. The molecule has 0 aliphatic rings. The zero-order valence-electron chi connectivity index (χ0n) is 16.8. The average molecular weight is 366 g/mol. The Bertz CT molecular complexity index is 368. The number of hydrogen-bond donors (Lipinski definition) is 3. The molecule has 0 aliphatic carbocycles. The van der Waals surface area contributed by atoms with E-state index in [1.165, 1.54) is 0 Å². The Morgan fingerprint density at radius 3 is 1.65 bits per heavy atom. The van der Waals surface area contributed by atoms with E-state index in [0.29, 0.717) is 12.8 Å². The predicted molar refractivity (Wildman–Crippen MR) is 110 cm³/mol. The molecule has 0 atom stereocenters. The molecule has 0 aromatic carbocycles. The molecule has 2 amide bonds. The Morgan fingerprint density at radius 1 is 0.654 bits per heavy atom. The van der Waals surface area contributed by atoms with Crippen LogP contribution in [-0.4, -0.2) is 38.0 Å². The SMILES string of the molecule is CC/C=C\CCC(=O)NCCCCNCCCNC(=O)CC/C=C\CC. The van der Waals surface area contributed by atoms with E-state index in [1.54, 1.807) is 0 Å². The second-order valence-corrected chi connectivity index (χ2v) is 6.35. The number of unbranched alkanes of at least 4 members (excludes halogenated alkanes) is 1. The average Bonchev–Trinajstić information content (AvgIpc) is 2.64. The van der Waals surface area contributed by atoms with Crippen LogP contribution < -0.4 is 16.0 Å². The van der Waals surface area contributed by atoms with Gasteiger partial charge in [0, 0.05) is 25.9 Å². The molecule has 0 bridgehead atoms. The number of hydrogen-bond acceptors (Lipinski definition) is 3. The van der Waals surface area contributed by atoms with Crippen LogP contribution in [0.4, 0.5) is 0 Å². The van der Waals surface area contributed by atoms with Gasteiger partial charge < -0.3 is 16.0 Å². The summed E-state index contributed by atoms with van der Waals surface area (Å²) in [6, 6.07) is 0. The molecule has 3 N–H and O–H groups in total. The molecule has 26 heavy (non-hydrogen) atoms. The molecule has 0 aromatic rings. The second-order valence-electron chi connectivity index (χ2n) is 6.35. The first-order valence-corrected chi connectivity index (χ1v) is 10.2. The van der Waals surface area contributed by atoms with Gasteiger partial charge in [0.15, 0.2) is 0 Å². The van der Waals surface area contributed by atoms with Gasteiger partial charge in [0.25, 0.3) is 0 Å². The minimum Gasteiger partial charge on any atom is -0.356 e. The molecule has 0 aliphatic heterocycles. The van der Waals surface area contributed by atoms with Crippen molar-refractivity contribution >= 4 is 11.8 Å². The molecular formula is C21H39N3O2. The van der Waals surface area contributed by atoms with Crippen molar-refractivity contribution in [2.75, 3.05) is 26.2 Å². The van der Waals surface area contributed by atoms with Crippen LogP contribution in [-0.2, 0) is 9.59 Å². The lowest BCUT2D eigenvalue weighted by atomic mass is 10.2. The Labute approximate surface area is 160 Å². The number of carbonyl (C=O) groups is 2. The number of rotatable bonds is 17. The van der Waals surface area contributed by atoms with Crippen molar-refractivity contribution < 1.29 is 9.59 Å². The molecule has 0 saturated carbocycles. The van der Waals surface area contributed by atoms with E-state index in [1.807, 2.05) is 0 Å². The van der Waals surface area contributed by atoms with E-state index in [9.17, 15) is 9.59 Å². The third kappa shape index (κ3) is 18.7. The molecule has 0 radical (unpaired) electrons. The topological polar surface area (TPSA) is 70.2 Å². The fourth-order valence-corrected chi connectivity index (χ4v) is 2.34. The van der Waals surface area contributed by atoms with Gasteiger partial charge in [-0.3, -0.25) is 9.59 Å². The molecule has 5 nitrogen and oxygen atoms in total. The summed E-state index contributed by atoms with van der Waals surface area (Å²) in [5.41, 5.74) is 0. The van der Waals surface area contributed by atoms with Gasteiger partial charge in [-0.25, -0.2) is 0 Å². The lowest BCUT2D eigenvalue weighted by molar-refractivity contribution is -0.121. The summed E-state index contributed by atoms with van der Waals surface area (Å²) >= 11 is 0. The minimum atomic E-state index is 0.131. The molecule has 0 fully saturated rings. The first kappa shape index (κ1) is 24.4. The third-order valence-electron chi connectivity index (χ3n) is 3.84. The van der Waals surface area contributed by atoms with Crippen molar-refractivity contribution in [1.29, 1.82) is 0 Å². The normalized spacial score (nSPS) is 11.3. The van der Waals surface area contributed by atoms with E-state index in [-0.39, 0.29) is 11.8 Å². The maximum absolute atomic E-state index is 11.6. The van der Waals surface area contributed by atoms with E-state index >= 15 is 0 Å². The number of nitrogens with one attached hydrogen (secondary N) is 3. The largest absolute Gasteiger partial charge is 0.356 e. The predicted octanol–water partition coefficient (Wildman–Crippen LogP) is 3.47. The summed E-state index contributed by atoms with van der Waals surface area (Å²) < 4.78 is 0. The van der Waals surface area contributed by atoms with Gasteiger partial charge in [0.05, 0.1) is 0 Å². The van der Waals surface area contributed by atoms with E-state index in [0.717, 1.165) is 71.1 Å². The highest BCUT2D eigenvalue weighted by atomic mass is 16.2. The third-order valence-corrected chi connectivity index (χ3v) is 3.84. The highest BCUT2D eigenvalue weighted by Gasteiger charge is 1.99. The molecule has 0 heterocycles. The van der Waals surface area contributed by atoms with Crippen molar-refractivity contribution in [3.63, 3.8) is 0 Å². The molecule has 0 aromatic heterocycles. The summed E-state index contributed by atoms with van der Waals surface area (Å²) in [7, 11) is 0. The second kappa shape index (κ2) is 19.7. The fourth-order valence-electron chi connectivity index (χ4n) is 2.34. The van der Waals surface area contributed by atoms with Crippen LogP contribution in [0.25, 0.3) is 0 Å². The molecule has 5 heteroatoms. The van der Waals surface area contributed by atoms with Crippen LogP contribution in [0.2, 0.25) is 0 Å². The Balaban J connectivity index is 3.28. The van der Waals surface area contributed by atoms with Crippen LogP contribution in [0, 0.1) is 0 Å². The Morgan fingerprint density at radius 2 is 1.12 bits per heavy atom. The van der Waals surface area contributed by atoms with Gasteiger partial charge in [-0.15, -0.1) is 0 Å². The Kier molecular flexibility index (Phi) is 18.5. The molecule has 0 spiro atoms. The maximum Gasteiger partial charge on any atom is 0.220 e. The smallest absolute Gasteiger partial charge is 0.220 e. The molecule has 0 unspecified atom stereocenters. The lowest BCUT2D eigenvalue weighted by Crippen LogP contribution is -2.28. The Hall–Kier alpha value is -1.62. The van der Waals surface area contributed by atoms with Gasteiger partial charge in [0.1, 0.15) is 0 Å². The zero-order chi connectivity index (χ0) is 19.3. The number of amides is 2. The maximum atomic E-state index is 11.6. The highest BCUT2D eigenvalue weighted by Crippen LogP contribution is 1.94. The monoisotopic (exact) mass is 365 g/mol. The first-order chi connectivity index (χ1) is 12.7. The van der Waals surface area contributed by atoms with Crippen LogP contribution in [0.1, 0.15) is 71.6 Å². The van der Waals surface area contributed by atoms with Crippen molar-refractivity contribution in [3.05, 3.63) is 24.3 Å². The molecule has 0 saturated heterocycles. The zero-order valence-corrected chi connectivity index (χ0v) is 16.8. The summed E-state index contributed by atoms with van der Waals surface area (Å²) in [5, 5.41) is 9.27. The van der Waals surface area contributed by atoms with Crippen LogP contribution >= 0.6 is 0 Å². The highest BCUT2D eigenvalue weighted by molar-refractivity contribution is 5.76. The van der Waals surface area contributed by atoms with E-state index < -0.39 is 0 Å². The fraction of sp³-hybridized carbons (Fsp3) is 0.714. The van der Waals surface area contributed by atoms with E-state index in [4.69, 9.17) is 0 Å². The molecule has 150 valence electrons. The van der Waals surface area contributed by atoms with Crippen molar-refractivity contribution in [1.82, 2.24) is 16.0 Å². The summed E-state index contributed by atoms with van der Waals surface area (Å²) in [5.74, 6) is 0.270. The minimum absolute atomic E-state index is 0.131. The summed E-state index contributed by atoms with van der Waals surface area (Å²) in [6.07, 6.45) is 16.1. The van der Waals surface area contributed by atoms with E-state index in [2.05, 4.69) is 54.1 Å². The van der Waals surface area contributed by atoms with Crippen molar-refractivity contribution in [2.45, 2.75) is 71.6 Å². The van der Waals surface area contributed by atoms with Gasteiger partial charge in [-0.1, -0.05) is 38.2 Å². The molecule has 0 rings (SSSR count). The van der Waals surface area contributed by atoms with Gasteiger partial charge in [-0.2, -0.15) is 0 Å². The first-order valence-electron chi connectivity index (χ1n) is 10.2. The van der Waals surface area contributed by atoms with Gasteiger partial charge in [-0.05, 0) is 58.0 Å². The van der Waals surface area contributed by atoms with Crippen molar-refractivity contribution in [2.24, 2.45) is 0 Å². The van der Waals surface area contributed by atoms with Crippen LogP contribution in [0.15, 0.2) is 24.3 Å².